The summed E-state index contributed by atoms with van der Waals surface area (Å²) < 4.78 is 37.8. The van der Waals surface area contributed by atoms with E-state index in [2.05, 4.69) is 10.2 Å². The van der Waals surface area contributed by atoms with Gasteiger partial charge in [0.2, 0.25) is 0 Å². The van der Waals surface area contributed by atoms with Crippen molar-refractivity contribution in [2.24, 2.45) is 5.90 Å². The normalized spacial score (nSPS) is 10.7. The van der Waals surface area contributed by atoms with E-state index in [1.165, 1.54) is 24.3 Å². The van der Waals surface area contributed by atoms with Crippen LogP contribution in [0.5, 0.6) is 0 Å². The molecule has 0 unspecified atom stereocenters. The van der Waals surface area contributed by atoms with Gasteiger partial charge in [0.05, 0.1) is 0 Å². The van der Waals surface area contributed by atoms with Crippen molar-refractivity contribution in [2.45, 2.75) is 5.75 Å². The molecule has 0 aliphatic carbocycles. The van der Waals surface area contributed by atoms with Crippen molar-refractivity contribution in [3.8, 4) is 0 Å². The average Bonchev–Trinajstić information content (AvgIpc) is 2.09. The standard InChI is InChI=1S/C7H8FNO3S.Na.H/c8-7-3-1-6(2-4-7)5-13(10,11)12-9;;/h1-4H,5,9H2;;. The van der Waals surface area contributed by atoms with Crippen molar-refractivity contribution < 1.29 is 17.1 Å². The van der Waals surface area contributed by atoms with Crippen molar-refractivity contribution in [3.63, 3.8) is 0 Å². The van der Waals surface area contributed by atoms with Gasteiger partial charge in [0, 0.05) is 0 Å². The van der Waals surface area contributed by atoms with E-state index in [1.807, 2.05) is 0 Å². The summed E-state index contributed by atoms with van der Waals surface area (Å²) >= 11 is 0. The van der Waals surface area contributed by atoms with Gasteiger partial charge in [-0.25, -0.2) is 4.39 Å². The summed E-state index contributed by atoms with van der Waals surface area (Å²) in [6, 6.07) is 5.04. The maximum atomic E-state index is 12.4. The molecule has 0 bridgehead atoms. The molecule has 0 heterocycles. The first kappa shape index (κ1) is 14.0. The van der Waals surface area contributed by atoms with Crippen LogP contribution in [0.4, 0.5) is 4.39 Å². The second kappa shape index (κ2) is 5.79. The van der Waals surface area contributed by atoms with Crippen LogP contribution in [-0.2, 0) is 20.2 Å². The van der Waals surface area contributed by atoms with E-state index in [0.717, 1.165) is 0 Å². The van der Waals surface area contributed by atoms with Crippen LogP contribution in [0.25, 0.3) is 0 Å². The van der Waals surface area contributed by atoms with Crippen LogP contribution >= 0.6 is 0 Å². The molecular formula is C7H9FNNaO3S. The van der Waals surface area contributed by atoms with Gasteiger partial charge in [0.1, 0.15) is 11.6 Å². The molecule has 1 rings (SSSR count). The Bertz CT molecular complexity index is 378. The average molecular weight is 229 g/mol. The Kier molecular flexibility index (Phi) is 5.80. The fourth-order valence-electron chi connectivity index (χ4n) is 0.819. The Morgan fingerprint density at radius 2 is 1.79 bits per heavy atom. The Morgan fingerprint density at radius 3 is 2.21 bits per heavy atom. The van der Waals surface area contributed by atoms with Gasteiger partial charge in [-0.2, -0.15) is 18.6 Å². The second-order valence-electron chi connectivity index (χ2n) is 2.42. The number of benzene rings is 1. The fourth-order valence-corrected chi connectivity index (χ4v) is 1.49. The van der Waals surface area contributed by atoms with Crippen molar-refractivity contribution in [1.29, 1.82) is 0 Å². The Morgan fingerprint density at radius 1 is 1.29 bits per heavy atom. The minimum atomic E-state index is -3.73. The van der Waals surface area contributed by atoms with Gasteiger partial charge < -0.3 is 0 Å². The molecule has 1 aromatic rings. The van der Waals surface area contributed by atoms with Crippen LogP contribution in [0.15, 0.2) is 24.3 Å². The molecule has 0 aromatic heterocycles. The predicted molar refractivity (Wildman–Crippen MR) is 51.4 cm³/mol. The molecule has 0 fully saturated rings. The van der Waals surface area contributed by atoms with Crippen molar-refractivity contribution in [2.75, 3.05) is 0 Å². The minimum absolute atomic E-state index is 0. The number of halogens is 1. The molecule has 0 saturated heterocycles. The molecule has 14 heavy (non-hydrogen) atoms. The van der Waals surface area contributed by atoms with Crippen molar-refractivity contribution >= 4 is 39.7 Å². The first-order valence-corrected chi connectivity index (χ1v) is 4.97. The first-order valence-electron chi connectivity index (χ1n) is 3.39. The third kappa shape index (κ3) is 4.50. The van der Waals surface area contributed by atoms with E-state index in [-0.39, 0.29) is 35.3 Å². The van der Waals surface area contributed by atoms with E-state index in [0.29, 0.717) is 5.56 Å². The van der Waals surface area contributed by atoms with Gasteiger partial charge >= 0.3 is 29.6 Å². The van der Waals surface area contributed by atoms with Crippen LogP contribution < -0.4 is 5.90 Å². The predicted octanol–water partition coefficient (Wildman–Crippen LogP) is -0.103. The second-order valence-corrected chi connectivity index (χ2v) is 4.02. The Balaban J connectivity index is 0.00000169. The fraction of sp³-hybridized carbons (Fsp3) is 0.143. The molecule has 0 atom stereocenters. The number of hydrogen-bond acceptors (Lipinski definition) is 4. The van der Waals surface area contributed by atoms with E-state index >= 15 is 0 Å². The van der Waals surface area contributed by atoms with E-state index in [1.54, 1.807) is 0 Å². The van der Waals surface area contributed by atoms with E-state index < -0.39 is 15.9 Å². The molecule has 0 spiro atoms. The molecule has 1 aromatic carbocycles. The quantitative estimate of drug-likeness (QED) is 0.580. The molecule has 0 amide bonds. The molecule has 74 valence electrons. The molecule has 4 nitrogen and oxygen atoms in total. The van der Waals surface area contributed by atoms with Crippen LogP contribution in [0.2, 0.25) is 0 Å². The van der Waals surface area contributed by atoms with Crippen LogP contribution in [0, 0.1) is 5.82 Å². The zero-order valence-corrected chi connectivity index (χ0v) is 7.42. The van der Waals surface area contributed by atoms with Gasteiger partial charge in [0.15, 0.2) is 0 Å². The van der Waals surface area contributed by atoms with Gasteiger partial charge in [-0.1, -0.05) is 12.1 Å². The van der Waals surface area contributed by atoms with Crippen LogP contribution in [0.3, 0.4) is 0 Å². The molecule has 0 saturated carbocycles. The summed E-state index contributed by atoms with van der Waals surface area (Å²) in [4.78, 5) is 0. The van der Waals surface area contributed by atoms with Gasteiger partial charge in [0.25, 0.3) is 10.1 Å². The zero-order chi connectivity index (χ0) is 9.90. The molecule has 0 aliphatic rings. The summed E-state index contributed by atoms with van der Waals surface area (Å²) in [7, 11) is -3.73. The number of rotatable bonds is 3. The van der Waals surface area contributed by atoms with Crippen LogP contribution in [0.1, 0.15) is 5.56 Å². The first-order chi connectivity index (χ1) is 6.03. The maximum absolute atomic E-state index is 12.4. The third-order valence-electron chi connectivity index (χ3n) is 1.40. The van der Waals surface area contributed by atoms with Crippen LogP contribution in [-0.4, -0.2) is 38.0 Å². The molecule has 0 aliphatic heterocycles. The molecule has 2 N–H and O–H groups in total. The van der Waals surface area contributed by atoms with E-state index in [4.69, 9.17) is 0 Å². The zero-order valence-electron chi connectivity index (χ0n) is 6.60. The number of nitrogens with two attached hydrogens (primary N) is 1. The SMILES string of the molecule is NOS(=O)(=O)Cc1ccc(F)cc1.[NaH]. The van der Waals surface area contributed by atoms with Crippen molar-refractivity contribution in [1.82, 2.24) is 0 Å². The number of hydrogen-bond donors (Lipinski definition) is 1. The van der Waals surface area contributed by atoms with Gasteiger partial charge in [-0.05, 0) is 17.7 Å². The third-order valence-corrected chi connectivity index (χ3v) is 2.38. The summed E-state index contributed by atoms with van der Waals surface area (Å²) in [6.07, 6.45) is 0. The Hall–Kier alpha value is 0.0200. The molecule has 7 heteroatoms. The molecular weight excluding hydrogens is 220 g/mol. The Labute approximate surface area is 104 Å². The van der Waals surface area contributed by atoms with E-state index in [9.17, 15) is 12.8 Å². The summed E-state index contributed by atoms with van der Waals surface area (Å²) in [5.74, 6) is 3.74. The van der Waals surface area contributed by atoms with Gasteiger partial charge in [-0.3, -0.25) is 0 Å². The van der Waals surface area contributed by atoms with Crippen molar-refractivity contribution in [3.05, 3.63) is 35.6 Å². The summed E-state index contributed by atoms with van der Waals surface area (Å²) in [5.41, 5.74) is 0.423. The molecule has 0 radical (unpaired) electrons. The van der Waals surface area contributed by atoms with Gasteiger partial charge in [-0.15, -0.1) is 0 Å². The monoisotopic (exact) mass is 229 g/mol. The topological polar surface area (TPSA) is 69.4 Å². The summed E-state index contributed by atoms with van der Waals surface area (Å²) in [5, 5.41) is 0. The summed E-state index contributed by atoms with van der Waals surface area (Å²) in [6.45, 7) is 0.